The minimum atomic E-state index is -4.37. The van der Waals surface area contributed by atoms with E-state index in [9.17, 15) is 13.2 Å². The normalized spacial score (nSPS) is 11.1. The van der Waals surface area contributed by atoms with Crippen molar-refractivity contribution >= 4 is 18.2 Å². The SMILES string of the molecule is CCn1nc(N)cc1C(F)(F)F.Cl. The summed E-state index contributed by atoms with van der Waals surface area (Å²) in [6.45, 7) is 1.73. The molecule has 0 spiro atoms. The topological polar surface area (TPSA) is 43.8 Å². The van der Waals surface area contributed by atoms with Crippen molar-refractivity contribution in [1.29, 1.82) is 0 Å². The molecule has 0 aliphatic rings. The number of anilines is 1. The van der Waals surface area contributed by atoms with E-state index in [4.69, 9.17) is 5.73 Å². The molecule has 1 rings (SSSR count). The van der Waals surface area contributed by atoms with Crippen molar-refractivity contribution in [2.24, 2.45) is 0 Å². The van der Waals surface area contributed by atoms with E-state index in [1.807, 2.05) is 0 Å². The second-order valence-corrected chi connectivity index (χ2v) is 2.27. The van der Waals surface area contributed by atoms with Crippen LogP contribution in [0.4, 0.5) is 19.0 Å². The Morgan fingerprint density at radius 1 is 1.54 bits per heavy atom. The maximum Gasteiger partial charge on any atom is 0.433 e. The third kappa shape index (κ3) is 2.51. The fraction of sp³-hybridized carbons (Fsp3) is 0.500. The summed E-state index contributed by atoms with van der Waals surface area (Å²) >= 11 is 0. The Bertz CT molecular complexity index is 281. The van der Waals surface area contributed by atoms with Gasteiger partial charge in [-0.15, -0.1) is 12.4 Å². The van der Waals surface area contributed by atoms with Gasteiger partial charge in [-0.05, 0) is 6.92 Å². The van der Waals surface area contributed by atoms with Gasteiger partial charge in [-0.1, -0.05) is 0 Å². The molecule has 7 heteroatoms. The second-order valence-electron chi connectivity index (χ2n) is 2.27. The van der Waals surface area contributed by atoms with Crippen LogP contribution < -0.4 is 5.73 Å². The smallest absolute Gasteiger partial charge is 0.382 e. The van der Waals surface area contributed by atoms with Crippen molar-refractivity contribution in [3.63, 3.8) is 0 Å². The minimum Gasteiger partial charge on any atom is -0.382 e. The van der Waals surface area contributed by atoms with Gasteiger partial charge in [0.25, 0.3) is 0 Å². The Morgan fingerprint density at radius 2 is 2.08 bits per heavy atom. The standard InChI is InChI=1S/C6H8F3N3.ClH/c1-2-12-4(6(7,8)9)3-5(10)11-12;/h3H,2H2,1H3,(H2,10,11);1H. The van der Waals surface area contributed by atoms with Gasteiger partial charge >= 0.3 is 6.18 Å². The zero-order valence-corrected chi connectivity index (χ0v) is 7.61. The molecule has 1 aromatic heterocycles. The van der Waals surface area contributed by atoms with Gasteiger partial charge in [-0.2, -0.15) is 18.3 Å². The fourth-order valence-electron chi connectivity index (χ4n) is 0.906. The van der Waals surface area contributed by atoms with Crippen LogP contribution in [0.1, 0.15) is 12.6 Å². The maximum absolute atomic E-state index is 12.1. The van der Waals surface area contributed by atoms with Crippen molar-refractivity contribution in [3.05, 3.63) is 11.8 Å². The van der Waals surface area contributed by atoms with Crippen molar-refractivity contribution < 1.29 is 13.2 Å². The Morgan fingerprint density at radius 3 is 2.38 bits per heavy atom. The number of aromatic nitrogens is 2. The Hall–Kier alpha value is -0.910. The van der Waals surface area contributed by atoms with Gasteiger partial charge in [0.15, 0.2) is 0 Å². The van der Waals surface area contributed by atoms with Crippen molar-refractivity contribution in [2.45, 2.75) is 19.6 Å². The highest BCUT2D eigenvalue weighted by Gasteiger charge is 2.35. The van der Waals surface area contributed by atoms with Crippen molar-refractivity contribution in [2.75, 3.05) is 5.73 Å². The van der Waals surface area contributed by atoms with Crippen molar-refractivity contribution in [3.8, 4) is 0 Å². The summed E-state index contributed by atoms with van der Waals surface area (Å²) in [5, 5.41) is 3.47. The number of halogens is 4. The summed E-state index contributed by atoms with van der Waals surface area (Å²) in [7, 11) is 0. The second kappa shape index (κ2) is 3.87. The van der Waals surface area contributed by atoms with E-state index in [0.717, 1.165) is 10.7 Å². The van der Waals surface area contributed by atoms with E-state index < -0.39 is 11.9 Å². The van der Waals surface area contributed by atoms with Crippen LogP contribution in [-0.2, 0) is 12.7 Å². The molecule has 0 atom stereocenters. The van der Waals surface area contributed by atoms with Gasteiger partial charge < -0.3 is 5.73 Å². The molecular weight excluding hydrogens is 207 g/mol. The van der Waals surface area contributed by atoms with E-state index in [0.29, 0.717) is 0 Å². The van der Waals surface area contributed by atoms with Crippen LogP contribution in [0.25, 0.3) is 0 Å². The first-order valence-electron chi connectivity index (χ1n) is 3.35. The number of nitrogen functional groups attached to an aromatic ring is 1. The maximum atomic E-state index is 12.1. The first kappa shape index (κ1) is 12.1. The molecule has 13 heavy (non-hydrogen) atoms. The highest BCUT2D eigenvalue weighted by Crippen LogP contribution is 2.30. The fourth-order valence-corrected chi connectivity index (χ4v) is 0.906. The molecule has 0 unspecified atom stereocenters. The molecule has 2 N–H and O–H groups in total. The monoisotopic (exact) mass is 215 g/mol. The van der Waals surface area contributed by atoms with Crippen LogP contribution in [0.5, 0.6) is 0 Å². The Balaban J connectivity index is 0.00000144. The predicted molar refractivity (Wildman–Crippen MR) is 44.6 cm³/mol. The van der Waals surface area contributed by atoms with Crippen LogP contribution in [0, 0.1) is 0 Å². The number of rotatable bonds is 1. The third-order valence-corrected chi connectivity index (χ3v) is 1.39. The van der Waals surface area contributed by atoms with Gasteiger partial charge in [0, 0.05) is 12.6 Å². The van der Waals surface area contributed by atoms with Gasteiger partial charge in [0.2, 0.25) is 0 Å². The number of nitrogens with zero attached hydrogens (tertiary/aromatic N) is 2. The van der Waals surface area contributed by atoms with Crippen LogP contribution in [0.15, 0.2) is 6.07 Å². The summed E-state index contributed by atoms with van der Waals surface area (Å²) in [4.78, 5) is 0. The average molecular weight is 216 g/mol. The highest BCUT2D eigenvalue weighted by molar-refractivity contribution is 5.85. The highest BCUT2D eigenvalue weighted by atomic mass is 35.5. The first-order chi connectivity index (χ1) is 5.45. The van der Waals surface area contributed by atoms with Gasteiger partial charge in [0.1, 0.15) is 11.5 Å². The third-order valence-electron chi connectivity index (χ3n) is 1.39. The molecule has 0 amide bonds. The van der Waals surface area contributed by atoms with Gasteiger partial charge in [-0.25, -0.2) is 0 Å². The quantitative estimate of drug-likeness (QED) is 0.778. The van der Waals surface area contributed by atoms with E-state index in [-0.39, 0.29) is 24.8 Å². The van der Waals surface area contributed by atoms with Crippen LogP contribution in [0.3, 0.4) is 0 Å². The van der Waals surface area contributed by atoms with E-state index in [2.05, 4.69) is 5.10 Å². The number of hydrogen-bond acceptors (Lipinski definition) is 2. The summed E-state index contributed by atoms with van der Waals surface area (Å²) in [6.07, 6.45) is -4.37. The lowest BCUT2D eigenvalue weighted by molar-refractivity contribution is -0.144. The molecule has 0 aliphatic heterocycles. The lowest BCUT2D eigenvalue weighted by Gasteiger charge is -2.06. The van der Waals surface area contributed by atoms with E-state index in [1.165, 1.54) is 0 Å². The minimum absolute atomic E-state index is 0. The number of aryl methyl sites for hydroxylation is 1. The molecule has 0 radical (unpaired) electrons. The summed E-state index contributed by atoms with van der Waals surface area (Å²) < 4.78 is 37.2. The molecule has 3 nitrogen and oxygen atoms in total. The molecular formula is C6H9ClF3N3. The largest absolute Gasteiger partial charge is 0.433 e. The molecule has 1 aromatic rings. The average Bonchev–Trinajstić information content (AvgIpc) is 2.29. The molecule has 0 saturated heterocycles. The molecule has 0 aliphatic carbocycles. The molecule has 0 bridgehead atoms. The predicted octanol–water partition coefficient (Wildman–Crippen LogP) is 1.93. The summed E-state index contributed by atoms with van der Waals surface area (Å²) in [5.74, 6) is -0.107. The molecule has 0 fully saturated rings. The van der Waals surface area contributed by atoms with E-state index >= 15 is 0 Å². The summed E-state index contributed by atoms with van der Waals surface area (Å²) in [6, 6.07) is 0.823. The number of hydrogen-bond donors (Lipinski definition) is 1. The Labute approximate surface area is 79.1 Å². The van der Waals surface area contributed by atoms with Gasteiger partial charge in [-0.3, -0.25) is 4.68 Å². The number of nitrogens with two attached hydrogens (primary N) is 1. The molecule has 0 saturated carbocycles. The van der Waals surface area contributed by atoms with Crippen LogP contribution >= 0.6 is 12.4 Å². The molecule has 76 valence electrons. The summed E-state index contributed by atoms with van der Waals surface area (Å²) in [5.41, 5.74) is 4.32. The molecule has 0 aromatic carbocycles. The van der Waals surface area contributed by atoms with Crippen molar-refractivity contribution in [1.82, 2.24) is 9.78 Å². The van der Waals surface area contributed by atoms with Crippen LogP contribution in [-0.4, -0.2) is 9.78 Å². The Kier molecular flexibility index (Phi) is 3.60. The first-order valence-corrected chi connectivity index (χ1v) is 3.35. The van der Waals surface area contributed by atoms with E-state index in [1.54, 1.807) is 6.92 Å². The number of alkyl halides is 3. The van der Waals surface area contributed by atoms with Crippen LogP contribution in [0.2, 0.25) is 0 Å². The zero-order chi connectivity index (χ0) is 9.35. The molecule has 1 heterocycles. The lowest BCUT2D eigenvalue weighted by atomic mass is 10.4. The lowest BCUT2D eigenvalue weighted by Crippen LogP contribution is -2.13. The van der Waals surface area contributed by atoms with Gasteiger partial charge in [0.05, 0.1) is 0 Å². The zero-order valence-electron chi connectivity index (χ0n) is 6.80.